The summed E-state index contributed by atoms with van der Waals surface area (Å²) >= 11 is 0. The highest BCUT2D eigenvalue weighted by molar-refractivity contribution is 14.0. The predicted molar refractivity (Wildman–Crippen MR) is 126 cm³/mol. The summed E-state index contributed by atoms with van der Waals surface area (Å²) in [6.45, 7) is 9.38. The highest BCUT2D eigenvalue weighted by Gasteiger charge is 2.19. The van der Waals surface area contributed by atoms with Gasteiger partial charge in [0.05, 0.1) is 0 Å². The lowest BCUT2D eigenvalue weighted by molar-refractivity contribution is 0.152. The van der Waals surface area contributed by atoms with Gasteiger partial charge in [0.15, 0.2) is 5.96 Å². The van der Waals surface area contributed by atoms with E-state index in [1.807, 2.05) is 37.4 Å². The number of ether oxygens (including phenoxy) is 1. The van der Waals surface area contributed by atoms with Crippen molar-refractivity contribution >= 4 is 29.9 Å². The van der Waals surface area contributed by atoms with Crippen molar-refractivity contribution in [2.45, 2.75) is 19.9 Å². The molecule has 1 saturated heterocycles. The largest absolute Gasteiger partial charge is 0.492 e. The minimum atomic E-state index is 0. The molecule has 1 aromatic heterocycles. The van der Waals surface area contributed by atoms with Crippen molar-refractivity contribution in [2.75, 3.05) is 52.9 Å². The molecule has 1 fully saturated rings. The van der Waals surface area contributed by atoms with Crippen molar-refractivity contribution in [3.8, 4) is 5.75 Å². The van der Waals surface area contributed by atoms with Gasteiger partial charge in [-0.25, -0.2) is 0 Å². The van der Waals surface area contributed by atoms with E-state index in [1.165, 1.54) is 0 Å². The summed E-state index contributed by atoms with van der Waals surface area (Å²) in [4.78, 5) is 9.21. The highest BCUT2D eigenvalue weighted by atomic mass is 127. The molecule has 0 radical (unpaired) electrons. The van der Waals surface area contributed by atoms with Crippen LogP contribution >= 0.6 is 24.0 Å². The van der Waals surface area contributed by atoms with Gasteiger partial charge in [0.2, 0.25) is 0 Å². The number of hydrogen-bond acceptors (Lipinski definition) is 5. The number of halogens is 1. The van der Waals surface area contributed by atoms with E-state index in [9.17, 15) is 0 Å². The molecule has 29 heavy (non-hydrogen) atoms. The van der Waals surface area contributed by atoms with Crippen LogP contribution in [0.15, 0.2) is 41.7 Å². The zero-order valence-corrected chi connectivity index (χ0v) is 19.7. The molecule has 160 valence electrons. The molecule has 1 aliphatic rings. The fourth-order valence-electron chi connectivity index (χ4n) is 3.35. The number of nitrogens with one attached hydrogen (secondary N) is 1. The van der Waals surface area contributed by atoms with Gasteiger partial charge in [-0.05, 0) is 12.1 Å². The molecule has 9 heteroatoms. The molecule has 0 unspecified atom stereocenters. The Balaban J connectivity index is 0.00000300. The normalized spacial score (nSPS) is 15.1. The Bertz CT molecular complexity index is 729. The third-order valence-electron chi connectivity index (χ3n) is 4.95. The Labute approximate surface area is 190 Å². The first-order valence-electron chi connectivity index (χ1n) is 10.0. The number of aryl methyl sites for hydroxylation is 1. The molecule has 2 aromatic rings. The van der Waals surface area contributed by atoms with Gasteiger partial charge in [0.1, 0.15) is 24.5 Å². The molecule has 0 saturated carbocycles. The van der Waals surface area contributed by atoms with Gasteiger partial charge in [0, 0.05) is 59.3 Å². The quantitative estimate of drug-likeness (QED) is 0.330. The number of nitrogens with zero attached hydrogens (tertiary/aromatic N) is 6. The lowest BCUT2D eigenvalue weighted by Crippen LogP contribution is -2.53. The number of para-hydroxylation sites is 1. The third kappa shape index (κ3) is 7.14. The standard InChI is InChI=1S/C20H31N7O.HI/c1-3-19-24-23-17-27(19)10-9-22-20(21-2)26-13-11-25(12-14-26)15-16-28-18-7-5-4-6-8-18;/h4-8,17H,3,9-16H2,1-2H3,(H,21,22);1H. The zero-order valence-electron chi connectivity index (χ0n) is 17.3. The van der Waals surface area contributed by atoms with Crippen LogP contribution in [-0.2, 0) is 13.0 Å². The number of aromatic nitrogens is 3. The fraction of sp³-hybridized carbons (Fsp3) is 0.550. The van der Waals surface area contributed by atoms with Gasteiger partial charge in [0.25, 0.3) is 0 Å². The summed E-state index contributed by atoms with van der Waals surface area (Å²) in [5.41, 5.74) is 0. The highest BCUT2D eigenvalue weighted by Crippen LogP contribution is 2.08. The summed E-state index contributed by atoms with van der Waals surface area (Å²) in [5.74, 6) is 2.92. The smallest absolute Gasteiger partial charge is 0.193 e. The summed E-state index contributed by atoms with van der Waals surface area (Å²) in [7, 11) is 1.85. The van der Waals surface area contributed by atoms with Crippen LogP contribution in [0.1, 0.15) is 12.7 Å². The maximum absolute atomic E-state index is 5.81. The molecule has 1 N–H and O–H groups in total. The van der Waals surface area contributed by atoms with Gasteiger partial charge < -0.3 is 19.5 Å². The Morgan fingerprint density at radius 2 is 1.90 bits per heavy atom. The van der Waals surface area contributed by atoms with Crippen LogP contribution in [0.25, 0.3) is 0 Å². The molecule has 0 spiro atoms. The van der Waals surface area contributed by atoms with E-state index in [0.717, 1.165) is 76.4 Å². The van der Waals surface area contributed by atoms with Crippen LogP contribution in [-0.4, -0.2) is 83.4 Å². The van der Waals surface area contributed by atoms with Crippen molar-refractivity contribution in [3.05, 3.63) is 42.5 Å². The van der Waals surface area contributed by atoms with E-state index in [-0.39, 0.29) is 24.0 Å². The van der Waals surface area contributed by atoms with Crippen LogP contribution in [0.2, 0.25) is 0 Å². The number of guanidine groups is 1. The third-order valence-corrected chi connectivity index (χ3v) is 4.95. The van der Waals surface area contributed by atoms with Gasteiger partial charge in [-0.2, -0.15) is 0 Å². The fourth-order valence-corrected chi connectivity index (χ4v) is 3.35. The molecule has 3 rings (SSSR count). The summed E-state index contributed by atoms with van der Waals surface area (Å²) in [5, 5.41) is 11.6. The van der Waals surface area contributed by atoms with Gasteiger partial charge in [-0.3, -0.25) is 9.89 Å². The SMILES string of the molecule is CCc1nncn1CCNC(=NC)N1CCN(CCOc2ccccc2)CC1.I. The second kappa shape index (κ2) is 12.6. The lowest BCUT2D eigenvalue weighted by atomic mass is 10.3. The zero-order chi connectivity index (χ0) is 19.6. The van der Waals surface area contributed by atoms with E-state index in [1.54, 1.807) is 6.33 Å². The van der Waals surface area contributed by atoms with Crippen molar-refractivity contribution in [1.29, 1.82) is 0 Å². The Morgan fingerprint density at radius 1 is 1.14 bits per heavy atom. The minimum Gasteiger partial charge on any atom is -0.492 e. The second-order valence-corrected chi connectivity index (χ2v) is 6.76. The van der Waals surface area contributed by atoms with Crippen molar-refractivity contribution in [1.82, 2.24) is 29.9 Å². The number of aliphatic imine (C=N–C) groups is 1. The molecular formula is C20H32IN7O. The molecule has 0 aliphatic carbocycles. The van der Waals surface area contributed by atoms with Crippen LogP contribution in [0.5, 0.6) is 5.75 Å². The van der Waals surface area contributed by atoms with E-state index < -0.39 is 0 Å². The summed E-state index contributed by atoms with van der Waals surface area (Å²) in [6.07, 6.45) is 2.68. The molecule has 0 atom stereocenters. The maximum Gasteiger partial charge on any atom is 0.193 e. The van der Waals surface area contributed by atoms with Crippen LogP contribution in [0.4, 0.5) is 0 Å². The molecule has 1 aromatic carbocycles. The molecule has 0 bridgehead atoms. The minimum absolute atomic E-state index is 0. The van der Waals surface area contributed by atoms with E-state index in [2.05, 4.69) is 41.8 Å². The van der Waals surface area contributed by atoms with Crippen LogP contribution < -0.4 is 10.1 Å². The Morgan fingerprint density at radius 3 is 2.59 bits per heavy atom. The van der Waals surface area contributed by atoms with Crippen molar-refractivity contribution in [2.24, 2.45) is 4.99 Å². The van der Waals surface area contributed by atoms with Crippen molar-refractivity contribution < 1.29 is 4.74 Å². The average Bonchev–Trinajstić information content (AvgIpc) is 3.20. The number of rotatable bonds is 8. The topological polar surface area (TPSA) is 70.8 Å². The van der Waals surface area contributed by atoms with Crippen LogP contribution in [0.3, 0.4) is 0 Å². The molecule has 1 aliphatic heterocycles. The van der Waals surface area contributed by atoms with E-state index >= 15 is 0 Å². The van der Waals surface area contributed by atoms with Gasteiger partial charge >= 0.3 is 0 Å². The van der Waals surface area contributed by atoms with E-state index in [0.29, 0.717) is 0 Å². The summed E-state index contributed by atoms with van der Waals surface area (Å²) in [6, 6.07) is 9.99. The number of piperazine rings is 1. The van der Waals surface area contributed by atoms with Gasteiger partial charge in [-0.15, -0.1) is 34.2 Å². The number of benzene rings is 1. The Kier molecular flexibility index (Phi) is 10.2. The second-order valence-electron chi connectivity index (χ2n) is 6.76. The molecule has 0 amide bonds. The summed E-state index contributed by atoms with van der Waals surface area (Å²) < 4.78 is 7.90. The van der Waals surface area contributed by atoms with Crippen molar-refractivity contribution in [3.63, 3.8) is 0 Å². The average molecular weight is 513 g/mol. The first kappa shape index (κ1) is 23.4. The lowest BCUT2D eigenvalue weighted by Gasteiger charge is -2.36. The van der Waals surface area contributed by atoms with Crippen LogP contribution in [0, 0.1) is 0 Å². The molecule has 2 heterocycles. The monoisotopic (exact) mass is 513 g/mol. The Hall–Kier alpha value is -1.88. The molecular weight excluding hydrogens is 481 g/mol. The maximum atomic E-state index is 5.81. The number of hydrogen-bond donors (Lipinski definition) is 1. The van der Waals surface area contributed by atoms with Gasteiger partial charge in [-0.1, -0.05) is 25.1 Å². The predicted octanol–water partition coefficient (Wildman–Crippen LogP) is 1.73. The first-order valence-corrected chi connectivity index (χ1v) is 10.0. The first-order chi connectivity index (χ1) is 13.8. The van der Waals surface area contributed by atoms with E-state index in [4.69, 9.17) is 4.74 Å². The molecule has 8 nitrogen and oxygen atoms in total.